The Bertz CT molecular complexity index is 414. The number of aliphatic carboxylic acids is 1. The zero-order valence-electron chi connectivity index (χ0n) is 10.4. The van der Waals surface area contributed by atoms with E-state index in [1.807, 2.05) is 31.2 Å². The molecule has 0 heterocycles. The smallest absolute Gasteiger partial charge is 0.323 e. The van der Waals surface area contributed by atoms with E-state index in [-0.39, 0.29) is 0 Å². The average Bonchev–Trinajstić information content (AvgIpc) is 2.36. The maximum Gasteiger partial charge on any atom is 0.323 e. The number of rotatable bonds is 7. The number of benzene rings is 1. The van der Waals surface area contributed by atoms with Crippen LogP contribution in [0.5, 0.6) is 0 Å². The van der Waals surface area contributed by atoms with Crippen LogP contribution in [0.15, 0.2) is 33.6 Å². The molecule has 18 heavy (non-hydrogen) atoms. The first-order chi connectivity index (χ1) is 8.49. The summed E-state index contributed by atoms with van der Waals surface area (Å²) in [7, 11) is 0. The molecule has 3 N–H and O–H groups in total. The van der Waals surface area contributed by atoms with Gasteiger partial charge in [-0.15, -0.1) is 11.8 Å². The van der Waals surface area contributed by atoms with E-state index in [1.54, 1.807) is 11.8 Å². The van der Waals surface area contributed by atoms with E-state index in [1.165, 1.54) is 4.90 Å². The molecule has 5 heteroatoms. The molecule has 0 amide bonds. The van der Waals surface area contributed by atoms with Crippen LogP contribution in [0.25, 0.3) is 0 Å². The molecule has 0 fully saturated rings. The van der Waals surface area contributed by atoms with Crippen molar-refractivity contribution in [1.29, 1.82) is 0 Å². The van der Waals surface area contributed by atoms with E-state index >= 15 is 0 Å². The summed E-state index contributed by atoms with van der Waals surface area (Å²) in [6.07, 6.45) is 1.76. The predicted octanol–water partition coefficient (Wildman–Crippen LogP) is 3.51. The summed E-state index contributed by atoms with van der Waals surface area (Å²) >= 11 is 5.20. The van der Waals surface area contributed by atoms with Gasteiger partial charge in [0.2, 0.25) is 0 Å². The molecule has 0 saturated heterocycles. The normalized spacial score (nSPS) is 14.2. The van der Waals surface area contributed by atoms with E-state index in [4.69, 9.17) is 10.8 Å². The lowest BCUT2D eigenvalue weighted by atomic mass is 9.92. The molecule has 0 aliphatic rings. The third kappa shape index (κ3) is 4.30. The van der Waals surface area contributed by atoms with Crippen molar-refractivity contribution in [3.05, 3.63) is 28.7 Å². The second kappa shape index (κ2) is 7.16. The molecular formula is C13H18BrNO2S. The number of carboxylic acids is 1. The van der Waals surface area contributed by atoms with Gasteiger partial charge in [0.25, 0.3) is 0 Å². The van der Waals surface area contributed by atoms with Gasteiger partial charge in [0.05, 0.1) is 0 Å². The summed E-state index contributed by atoms with van der Waals surface area (Å²) in [5.74, 6) is -0.0367. The van der Waals surface area contributed by atoms with Crippen molar-refractivity contribution in [3.8, 4) is 0 Å². The van der Waals surface area contributed by atoms with E-state index in [9.17, 15) is 4.79 Å². The van der Waals surface area contributed by atoms with Crippen LogP contribution in [0.4, 0.5) is 0 Å². The lowest BCUT2D eigenvalue weighted by Gasteiger charge is -2.22. The van der Waals surface area contributed by atoms with Crippen LogP contribution in [0.2, 0.25) is 0 Å². The molecule has 3 nitrogen and oxygen atoms in total. The molecule has 1 rings (SSSR count). The standard InChI is InChI=1S/C13H18BrNO2S/c1-2-13(15,12(16)17)8-5-9-18-11-7-4-3-6-10(11)14/h3-4,6-7H,2,5,8-9,15H2,1H3,(H,16,17). The van der Waals surface area contributed by atoms with Crippen molar-refractivity contribution in [2.45, 2.75) is 36.6 Å². The third-order valence-electron chi connectivity index (χ3n) is 2.92. The molecule has 0 spiro atoms. The zero-order chi connectivity index (χ0) is 13.6. The summed E-state index contributed by atoms with van der Waals surface area (Å²) in [6.45, 7) is 1.81. The third-order valence-corrected chi connectivity index (χ3v) is 5.03. The summed E-state index contributed by atoms with van der Waals surface area (Å²) in [4.78, 5) is 12.2. The summed E-state index contributed by atoms with van der Waals surface area (Å²) in [5.41, 5.74) is 4.76. The minimum atomic E-state index is -1.07. The molecule has 0 aromatic heterocycles. The van der Waals surface area contributed by atoms with Gasteiger partial charge in [0, 0.05) is 9.37 Å². The molecule has 1 atom stereocenters. The van der Waals surface area contributed by atoms with Gasteiger partial charge in [-0.1, -0.05) is 19.1 Å². The van der Waals surface area contributed by atoms with Crippen LogP contribution in [0.3, 0.4) is 0 Å². The Balaban J connectivity index is 2.39. The fraction of sp³-hybridized carbons (Fsp3) is 0.462. The quantitative estimate of drug-likeness (QED) is 0.592. The largest absolute Gasteiger partial charge is 0.480 e. The number of halogens is 1. The fourth-order valence-electron chi connectivity index (χ4n) is 1.57. The fourth-order valence-corrected chi connectivity index (χ4v) is 3.08. The minimum Gasteiger partial charge on any atom is -0.480 e. The van der Waals surface area contributed by atoms with Crippen molar-refractivity contribution in [2.24, 2.45) is 5.73 Å². The van der Waals surface area contributed by atoms with E-state index in [2.05, 4.69) is 15.9 Å². The molecule has 0 radical (unpaired) electrons. The molecule has 100 valence electrons. The lowest BCUT2D eigenvalue weighted by molar-refractivity contribution is -0.143. The van der Waals surface area contributed by atoms with Crippen molar-refractivity contribution in [1.82, 2.24) is 0 Å². The van der Waals surface area contributed by atoms with Crippen LogP contribution in [0.1, 0.15) is 26.2 Å². The Morgan fingerprint density at radius 2 is 2.17 bits per heavy atom. The highest BCUT2D eigenvalue weighted by Crippen LogP contribution is 2.28. The molecule has 0 saturated carbocycles. The van der Waals surface area contributed by atoms with E-state index in [0.717, 1.165) is 16.6 Å². The van der Waals surface area contributed by atoms with Gasteiger partial charge in [0.15, 0.2) is 0 Å². The molecule has 0 bridgehead atoms. The number of thioether (sulfide) groups is 1. The Morgan fingerprint density at radius 3 is 2.72 bits per heavy atom. The summed E-state index contributed by atoms with van der Waals surface area (Å²) in [6, 6.07) is 8.00. The Morgan fingerprint density at radius 1 is 1.50 bits per heavy atom. The molecule has 1 unspecified atom stereocenters. The van der Waals surface area contributed by atoms with Crippen LogP contribution in [-0.2, 0) is 4.79 Å². The number of carboxylic acid groups (broad SMARTS) is 1. The molecular weight excluding hydrogens is 314 g/mol. The Hall–Kier alpha value is -0.520. The monoisotopic (exact) mass is 331 g/mol. The first-order valence-corrected chi connectivity index (χ1v) is 7.67. The van der Waals surface area contributed by atoms with Gasteiger partial charge < -0.3 is 10.8 Å². The SMILES string of the molecule is CCC(N)(CCCSc1ccccc1Br)C(=O)O. The average molecular weight is 332 g/mol. The minimum absolute atomic E-state index is 0.460. The van der Waals surface area contributed by atoms with Crippen LogP contribution >= 0.6 is 27.7 Å². The van der Waals surface area contributed by atoms with Crippen molar-refractivity contribution >= 4 is 33.7 Å². The maximum absolute atomic E-state index is 11.0. The number of carbonyl (C=O) groups is 1. The zero-order valence-corrected chi connectivity index (χ0v) is 12.8. The first-order valence-electron chi connectivity index (χ1n) is 5.89. The number of hydrogen-bond acceptors (Lipinski definition) is 3. The van der Waals surface area contributed by atoms with Crippen molar-refractivity contribution < 1.29 is 9.90 Å². The second-order valence-electron chi connectivity index (χ2n) is 4.20. The van der Waals surface area contributed by atoms with Crippen LogP contribution in [-0.4, -0.2) is 22.4 Å². The van der Waals surface area contributed by atoms with E-state index in [0.29, 0.717) is 12.8 Å². The molecule has 0 aliphatic carbocycles. The van der Waals surface area contributed by atoms with Gasteiger partial charge in [0.1, 0.15) is 5.54 Å². The van der Waals surface area contributed by atoms with Crippen LogP contribution in [0, 0.1) is 0 Å². The van der Waals surface area contributed by atoms with Gasteiger partial charge in [-0.3, -0.25) is 4.79 Å². The Labute approximate surface area is 120 Å². The van der Waals surface area contributed by atoms with Gasteiger partial charge in [-0.2, -0.15) is 0 Å². The topological polar surface area (TPSA) is 63.3 Å². The van der Waals surface area contributed by atoms with E-state index < -0.39 is 11.5 Å². The summed E-state index contributed by atoms with van der Waals surface area (Å²) in [5, 5.41) is 9.05. The number of nitrogens with two attached hydrogens (primary N) is 1. The highest BCUT2D eigenvalue weighted by atomic mass is 79.9. The highest BCUT2D eigenvalue weighted by Gasteiger charge is 2.30. The predicted molar refractivity (Wildman–Crippen MR) is 78.9 cm³/mol. The first kappa shape index (κ1) is 15.5. The summed E-state index contributed by atoms with van der Waals surface area (Å²) < 4.78 is 1.07. The lowest BCUT2D eigenvalue weighted by Crippen LogP contribution is -2.47. The molecule has 0 aliphatic heterocycles. The maximum atomic E-state index is 11.0. The van der Waals surface area contributed by atoms with Crippen molar-refractivity contribution in [3.63, 3.8) is 0 Å². The van der Waals surface area contributed by atoms with Crippen LogP contribution < -0.4 is 5.73 Å². The highest BCUT2D eigenvalue weighted by molar-refractivity contribution is 9.10. The van der Waals surface area contributed by atoms with Gasteiger partial charge in [-0.05, 0) is 53.1 Å². The van der Waals surface area contributed by atoms with Gasteiger partial charge >= 0.3 is 5.97 Å². The van der Waals surface area contributed by atoms with Gasteiger partial charge in [-0.25, -0.2) is 0 Å². The molecule has 1 aromatic rings. The number of hydrogen-bond donors (Lipinski definition) is 2. The molecule has 1 aromatic carbocycles. The second-order valence-corrected chi connectivity index (χ2v) is 6.19. The van der Waals surface area contributed by atoms with Crippen molar-refractivity contribution in [2.75, 3.05) is 5.75 Å². The Kier molecular flexibility index (Phi) is 6.18.